The number of non-ortho nitro benzene ring substituents is 1. The highest BCUT2D eigenvalue weighted by atomic mass is 32.2. The van der Waals surface area contributed by atoms with E-state index in [2.05, 4.69) is 0 Å². The summed E-state index contributed by atoms with van der Waals surface area (Å²) in [5.74, 6) is 0. The number of rotatable bonds is 3. The van der Waals surface area contributed by atoms with Gasteiger partial charge < -0.3 is 4.74 Å². The van der Waals surface area contributed by atoms with Crippen molar-refractivity contribution in [2.24, 2.45) is 0 Å². The summed E-state index contributed by atoms with van der Waals surface area (Å²) in [7, 11) is 0. The first-order valence-electron chi connectivity index (χ1n) is 4.74. The molecule has 1 fully saturated rings. The molecule has 0 radical (unpaired) electrons. The Balaban J connectivity index is 2.00. The summed E-state index contributed by atoms with van der Waals surface area (Å²) in [6, 6.07) is 6.67. The number of hydrogen-bond acceptors (Lipinski definition) is 4. The van der Waals surface area contributed by atoms with Crippen LogP contribution in [-0.2, 0) is 4.74 Å². The Kier molecular flexibility index (Phi) is 3.23. The normalized spacial score (nSPS) is 20.4. The molecule has 5 heteroatoms. The Hall–Kier alpha value is -1.07. The Labute approximate surface area is 91.8 Å². The molecule has 1 atom stereocenters. The Bertz CT molecular complexity index is 346. The van der Waals surface area contributed by atoms with E-state index in [1.807, 2.05) is 0 Å². The van der Waals surface area contributed by atoms with E-state index in [1.165, 1.54) is 12.1 Å². The molecule has 0 spiro atoms. The van der Waals surface area contributed by atoms with Crippen LogP contribution in [0.2, 0.25) is 0 Å². The van der Waals surface area contributed by atoms with Crippen LogP contribution in [-0.4, -0.2) is 23.4 Å². The monoisotopic (exact) mass is 225 g/mol. The van der Waals surface area contributed by atoms with E-state index in [0.29, 0.717) is 5.25 Å². The van der Waals surface area contributed by atoms with Crippen molar-refractivity contribution in [2.45, 2.75) is 16.6 Å². The summed E-state index contributed by atoms with van der Waals surface area (Å²) < 4.78 is 5.26. The van der Waals surface area contributed by atoms with E-state index in [-0.39, 0.29) is 10.6 Å². The minimum atomic E-state index is -0.382. The summed E-state index contributed by atoms with van der Waals surface area (Å²) in [5.41, 5.74) is 0.141. The van der Waals surface area contributed by atoms with E-state index in [4.69, 9.17) is 4.74 Å². The van der Waals surface area contributed by atoms with Gasteiger partial charge in [0.25, 0.3) is 5.69 Å². The minimum Gasteiger partial charge on any atom is -0.380 e. The van der Waals surface area contributed by atoms with Crippen molar-refractivity contribution < 1.29 is 9.66 Å². The van der Waals surface area contributed by atoms with Gasteiger partial charge in [0.2, 0.25) is 0 Å². The quantitative estimate of drug-likeness (QED) is 0.585. The van der Waals surface area contributed by atoms with E-state index in [1.54, 1.807) is 23.9 Å². The minimum absolute atomic E-state index is 0.141. The third-order valence-electron chi connectivity index (χ3n) is 2.24. The maximum Gasteiger partial charge on any atom is 0.269 e. The molecule has 0 bridgehead atoms. The fraction of sp³-hybridized carbons (Fsp3) is 0.400. The molecule has 2 rings (SSSR count). The van der Waals surface area contributed by atoms with Crippen molar-refractivity contribution in [2.75, 3.05) is 13.2 Å². The average Bonchev–Trinajstić information content (AvgIpc) is 2.71. The zero-order valence-electron chi connectivity index (χ0n) is 8.09. The smallest absolute Gasteiger partial charge is 0.269 e. The van der Waals surface area contributed by atoms with Gasteiger partial charge >= 0.3 is 0 Å². The molecule has 1 aromatic rings. The lowest BCUT2D eigenvalue weighted by Crippen LogP contribution is -1.99. The largest absolute Gasteiger partial charge is 0.380 e. The van der Waals surface area contributed by atoms with E-state index in [9.17, 15) is 10.1 Å². The van der Waals surface area contributed by atoms with E-state index >= 15 is 0 Å². The molecule has 1 aromatic carbocycles. The van der Waals surface area contributed by atoms with Crippen LogP contribution in [0.3, 0.4) is 0 Å². The summed E-state index contributed by atoms with van der Waals surface area (Å²) in [4.78, 5) is 11.1. The van der Waals surface area contributed by atoms with Gasteiger partial charge in [0.1, 0.15) is 0 Å². The summed E-state index contributed by atoms with van der Waals surface area (Å²) in [6.45, 7) is 1.60. The highest BCUT2D eigenvalue weighted by molar-refractivity contribution is 8.00. The highest BCUT2D eigenvalue weighted by Crippen LogP contribution is 2.29. The summed E-state index contributed by atoms with van der Waals surface area (Å²) in [6.07, 6.45) is 1.06. The maximum atomic E-state index is 10.4. The fourth-order valence-electron chi connectivity index (χ4n) is 1.44. The SMILES string of the molecule is O=[N+]([O-])c1ccc(SC2CCOC2)cc1. The van der Waals surface area contributed by atoms with Crippen molar-refractivity contribution in [3.8, 4) is 0 Å². The molecule has 80 valence electrons. The molecule has 1 aliphatic heterocycles. The van der Waals surface area contributed by atoms with Gasteiger partial charge in [-0.15, -0.1) is 11.8 Å². The van der Waals surface area contributed by atoms with Gasteiger partial charge in [0.15, 0.2) is 0 Å². The molecule has 1 unspecified atom stereocenters. The van der Waals surface area contributed by atoms with Gasteiger partial charge in [-0.3, -0.25) is 10.1 Å². The third kappa shape index (κ3) is 2.70. The molecule has 1 saturated heterocycles. The van der Waals surface area contributed by atoms with Crippen LogP contribution >= 0.6 is 11.8 Å². The molecule has 0 N–H and O–H groups in total. The number of thioether (sulfide) groups is 1. The molecule has 0 saturated carbocycles. The third-order valence-corrected chi connectivity index (χ3v) is 3.49. The molecule has 0 amide bonds. The van der Waals surface area contributed by atoms with Crippen LogP contribution < -0.4 is 0 Å². The van der Waals surface area contributed by atoms with Crippen LogP contribution in [0.15, 0.2) is 29.2 Å². The molecular formula is C10H11NO3S. The van der Waals surface area contributed by atoms with Crippen LogP contribution in [0.1, 0.15) is 6.42 Å². The van der Waals surface area contributed by atoms with Crippen LogP contribution in [0.4, 0.5) is 5.69 Å². The fourth-order valence-corrected chi connectivity index (χ4v) is 2.50. The lowest BCUT2D eigenvalue weighted by molar-refractivity contribution is -0.384. The van der Waals surface area contributed by atoms with Gasteiger partial charge in [-0.25, -0.2) is 0 Å². The van der Waals surface area contributed by atoms with Gasteiger partial charge in [-0.05, 0) is 18.6 Å². The maximum absolute atomic E-state index is 10.4. The van der Waals surface area contributed by atoms with E-state index < -0.39 is 0 Å². The van der Waals surface area contributed by atoms with Crippen molar-refractivity contribution in [3.05, 3.63) is 34.4 Å². The number of nitro groups is 1. The number of hydrogen-bond donors (Lipinski definition) is 0. The lowest BCUT2D eigenvalue weighted by Gasteiger charge is -2.06. The number of nitrogens with zero attached hydrogens (tertiary/aromatic N) is 1. The summed E-state index contributed by atoms with van der Waals surface area (Å²) in [5, 5.41) is 10.9. The van der Waals surface area contributed by atoms with Crippen molar-refractivity contribution in [1.29, 1.82) is 0 Å². The van der Waals surface area contributed by atoms with Crippen molar-refractivity contribution in [1.82, 2.24) is 0 Å². The second kappa shape index (κ2) is 4.63. The molecule has 15 heavy (non-hydrogen) atoms. The second-order valence-electron chi connectivity index (χ2n) is 3.35. The number of benzene rings is 1. The van der Waals surface area contributed by atoms with E-state index in [0.717, 1.165) is 24.5 Å². The Morgan fingerprint density at radius 2 is 2.13 bits per heavy atom. The molecule has 1 aliphatic rings. The second-order valence-corrected chi connectivity index (χ2v) is 4.73. The highest BCUT2D eigenvalue weighted by Gasteiger charge is 2.17. The first-order valence-corrected chi connectivity index (χ1v) is 5.62. The van der Waals surface area contributed by atoms with Crippen LogP contribution in [0, 0.1) is 10.1 Å². The van der Waals surface area contributed by atoms with Gasteiger partial charge in [0, 0.05) is 28.9 Å². The topological polar surface area (TPSA) is 52.4 Å². The van der Waals surface area contributed by atoms with Crippen molar-refractivity contribution >= 4 is 17.4 Å². The van der Waals surface area contributed by atoms with Crippen molar-refractivity contribution in [3.63, 3.8) is 0 Å². The first kappa shape index (κ1) is 10.4. The molecule has 0 aromatic heterocycles. The lowest BCUT2D eigenvalue weighted by atomic mass is 10.3. The molecule has 0 aliphatic carbocycles. The molecular weight excluding hydrogens is 214 g/mol. The first-order chi connectivity index (χ1) is 7.25. The molecule has 4 nitrogen and oxygen atoms in total. The Morgan fingerprint density at radius 1 is 1.40 bits per heavy atom. The predicted molar refractivity (Wildman–Crippen MR) is 58.2 cm³/mol. The number of ether oxygens (including phenoxy) is 1. The zero-order chi connectivity index (χ0) is 10.7. The summed E-state index contributed by atoms with van der Waals surface area (Å²) >= 11 is 1.72. The molecule has 1 heterocycles. The van der Waals surface area contributed by atoms with Crippen LogP contribution in [0.5, 0.6) is 0 Å². The van der Waals surface area contributed by atoms with Gasteiger partial charge in [-0.2, -0.15) is 0 Å². The standard InChI is InChI=1S/C10H11NO3S/c12-11(13)8-1-3-9(4-2-8)15-10-5-6-14-7-10/h1-4,10H,5-7H2. The van der Waals surface area contributed by atoms with Gasteiger partial charge in [-0.1, -0.05) is 0 Å². The number of nitro benzene ring substituents is 1. The Morgan fingerprint density at radius 3 is 2.67 bits per heavy atom. The predicted octanol–water partition coefficient (Wildman–Crippen LogP) is 2.48. The van der Waals surface area contributed by atoms with Gasteiger partial charge in [0.05, 0.1) is 11.5 Å². The van der Waals surface area contributed by atoms with Crippen LogP contribution in [0.25, 0.3) is 0 Å². The zero-order valence-corrected chi connectivity index (χ0v) is 8.90. The average molecular weight is 225 g/mol.